The number of nitrogens with one attached hydrogen (secondary N) is 2. The molecule has 0 aliphatic carbocycles. The van der Waals surface area contributed by atoms with Crippen molar-refractivity contribution in [1.29, 1.82) is 0 Å². The van der Waals surface area contributed by atoms with Crippen LogP contribution in [-0.2, 0) is 27.3 Å². The molecule has 0 radical (unpaired) electrons. The van der Waals surface area contributed by atoms with Gasteiger partial charge in [-0.05, 0) is 61.6 Å². The molecular weight excluding hydrogens is 494 g/mol. The number of alkyl carbamates (subject to hydrolysis) is 2. The van der Waals surface area contributed by atoms with Crippen LogP contribution in [0.2, 0.25) is 0 Å². The van der Waals surface area contributed by atoms with Gasteiger partial charge in [0.05, 0.1) is 0 Å². The molecule has 3 aromatic rings. The van der Waals surface area contributed by atoms with Gasteiger partial charge in [0, 0.05) is 18.5 Å². The SMILES string of the molecule is CC(C)(C)OC(=O)N[C@@H](CCc1ccc(C#CCCNC(=O)OCc2ccccc2)c2ccccc12)C(N)=O. The molecular formula is C31H35N3O5. The van der Waals surface area contributed by atoms with Crippen LogP contribution in [0.5, 0.6) is 0 Å². The number of fused-ring (bicyclic) bond motifs is 1. The van der Waals surface area contributed by atoms with E-state index in [1.165, 1.54) is 0 Å². The highest BCUT2D eigenvalue weighted by Crippen LogP contribution is 2.24. The summed E-state index contributed by atoms with van der Waals surface area (Å²) in [5, 5.41) is 7.26. The fourth-order valence-electron chi connectivity index (χ4n) is 3.88. The monoisotopic (exact) mass is 529 g/mol. The lowest BCUT2D eigenvalue weighted by atomic mass is 9.95. The Hall–Kier alpha value is -4.51. The first-order chi connectivity index (χ1) is 18.6. The van der Waals surface area contributed by atoms with E-state index in [1.807, 2.05) is 66.7 Å². The summed E-state index contributed by atoms with van der Waals surface area (Å²) >= 11 is 0. The maximum absolute atomic E-state index is 12.1. The van der Waals surface area contributed by atoms with Crippen molar-refractivity contribution < 1.29 is 23.9 Å². The molecule has 0 heterocycles. The van der Waals surface area contributed by atoms with E-state index >= 15 is 0 Å². The molecule has 3 amide bonds. The van der Waals surface area contributed by atoms with Gasteiger partial charge >= 0.3 is 12.2 Å². The number of benzene rings is 3. The van der Waals surface area contributed by atoms with Crippen LogP contribution < -0.4 is 16.4 Å². The van der Waals surface area contributed by atoms with Gasteiger partial charge in [0.15, 0.2) is 0 Å². The number of aryl methyl sites for hydroxylation is 1. The molecule has 0 aliphatic rings. The van der Waals surface area contributed by atoms with Crippen molar-refractivity contribution in [3.05, 3.63) is 83.4 Å². The van der Waals surface area contributed by atoms with E-state index in [9.17, 15) is 14.4 Å². The largest absolute Gasteiger partial charge is 0.445 e. The molecule has 8 nitrogen and oxygen atoms in total. The van der Waals surface area contributed by atoms with Crippen LogP contribution in [0, 0.1) is 11.8 Å². The summed E-state index contributed by atoms with van der Waals surface area (Å²) in [6.45, 7) is 5.84. The quantitative estimate of drug-likeness (QED) is 0.271. The van der Waals surface area contributed by atoms with Crippen LogP contribution in [0.15, 0.2) is 66.7 Å². The average molecular weight is 530 g/mol. The Morgan fingerprint density at radius 3 is 2.31 bits per heavy atom. The first-order valence-electron chi connectivity index (χ1n) is 12.9. The first kappa shape index (κ1) is 29.1. The molecule has 3 aromatic carbocycles. The summed E-state index contributed by atoms with van der Waals surface area (Å²) in [7, 11) is 0. The third-order valence-corrected chi connectivity index (χ3v) is 5.71. The zero-order valence-electron chi connectivity index (χ0n) is 22.6. The highest BCUT2D eigenvalue weighted by Gasteiger charge is 2.23. The van der Waals surface area contributed by atoms with E-state index in [0.717, 1.165) is 27.5 Å². The van der Waals surface area contributed by atoms with Crippen molar-refractivity contribution in [2.24, 2.45) is 5.73 Å². The number of amides is 3. The number of carbonyl (C=O) groups excluding carboxylic acids is 3. The molecule has 204 valence electrons. The molecule has 0 saturated carbocycles. The fraction of sp³-hybridized carbons (Fsp3) is 0.323. The molecule has 0 unspecified atom stereocenters. The lowest BCUT2D eigenvalue weighted by molar-refractivity contribution is -0.120. The Kier molecular flexibility index (Phi) is 10.3. The van der Waals surface area contributed by atoms with Crippen molar-refractivity contribution >= 4 is 28.9 Å². The van der Waals surface area contributed by atoms with Gasteiger partial charge in [-0.3, -0.25) is 4.79 Å². The minimum atomic E-state index is -0.857. The van der Waals surface area contributed by atoms with Crippen LogP contribution in [0.1, 0.15) is 50.3 Å². The predicted octanol–water partition coefficient (Wildman–Crippen LogP) is 4.82. The minimum Gasteiger partial charge on any atom is -0.445 e. The van der Waals surface area contributed by atoms with Crippen molar-refractivity contribution in [3.63, 3.8) is 0 Å². The van der Waals surface area contributed by atoms with E-state index in [1.54, 1.807) is 20.8 Å². The first-order valence-corrected chi connectivity index (χ1v) is 12.9. The lowest BCUT2D eigenvalue weighted by Gasteiger charge is -2.22. The summed E-state index contributed by atoms with van der Waals surface area (Å²) in [5.74, 6) is 5.67. The van der Waals surface area contributed by atoms with Gasteiger partial charge in [-0.1, -0.05) is 72.5 Å². The number of primary amides is 1. The number of nitrogens with two attached hydrogens (primary N) is 1. The van der Waals surface area contributed by atoms with Crippen molar-refractivity contribution in [2.75, 3.05) is 6.54 Å². The molecule has 0 fully saturated rings. The van der Waals surface area contributed by atoms with E-state index in [2.05, 4.69) is 22.5 Å². The zero-order valence-corrected chi connectivity index (χ0v) is 22.6. The molecule has 0 aromatic heterocycles. The Balaban J connectivity index is 1.57. The van der Waals surface area contributed by atoms with Crippen LogP contribution in [0.25, 0.3) is 10.8 Å². The summed E-state index contributed by atoms with van der Waals surface area (Å²) in [5.41, 5.74) is 7.64. The standard InChI is InChI=1S/C31H35N3O5/c1-31(2,3)39-30(37)34-27(28(32)35)19-18-24-17-16-23(25-14-7-8-15-26(24)25)13-9-10-20-33-29(36)38-21-22-11-5-4-6-12-22/h4-8,11-12,14-17,27H,10,18-21H2,1-3H3,(H2,32,35)(H,33,36)(H,34,37)/t27-/m0/s1. The van der Waals surface area contributed by atoms with E-state index in [4.69, 9.17) is 15.2 Å². The van der Waals surface area contributed by atoms with Gasteiger partial charge in [-0.25, -0.2) is 9.59 Å². The summed E-state index contributed by atoms with van der Waals surface area (Å²) < 4.78 is 10.5. The van der Waals surface area contributed by atoms with Gasteiger partial charge in [-0.15, -0.1) is 0 Å². The fourth-order valence-corrected chi connectivity index (χ4v) is 3.88. The maximum atomic E-state index is 12.1. The summed E-state index contributed by atoms with van der Waals surface area (Å²) in [6.07, 6.45) is 0.154. The topological polar surface area (TPSA) is 120 Å². The molecule has 0 bridgehead atoms. The average Bonchev–Trinajstić information content (AvgIpc) is 2.89. The minimum absolute atomic E-state index is 0.216. The van der Waals surface area contributed by atoms with Crippen LogP contribution in [0.3, 0.4) is 0 Å². The van der Waals surface area contributed by atoms with Gasteiger partial charge in [0.2, 0.25) is 5.91 Å². The van der Waals surface area contributed by atoms with Crippen molar-refractivity contribution in [3.8, 4) is 11.8 Å². The zero-order chi connectivity index (χ0) is 28.3. The Morgan fingerprint density at radius 1 is 0.923 bits per heavy atom. The summed E-state index contributed by atoms with van der Waals surface area (Å²) in [4.78, 5) is 36.0. The Labute approximate surface area is 229 Å². The van der Waals surface area contributed by atoms with E-state index in [-0.39, 0.29) is 6.61 Å². The Morgan fingerprint density at radius 2 is 1.62 bits per heavy atom. The molecule has 0 spiro atoms. The number of carbonyl (C=O) groups is 3. The molecule has 8 heteroatoms. The summed E-state index contributed by atoms with van der Waals surface area (Å²) in [6, 6.07) is 20.4. The third kappa shape index (κ3) is 9.71. The maximum Gasteiger partial charge on any atom is 0.408 e. The highest BCUT2D eigenvalue weighted by atomic mass is 16.6. The second-order valence-corrected chi connectivity index (χ2v) is 10.00. The molecule has 39 heavy (non-hydrogen) atoms. The number of hydrogen-bond donors (Lipinski definition) is 3. The molecule has 0 saturated heterocycles. The van der Waals surface area contributed by atoms with Gasteiger partial charge in [0.1, 0.15) is 18.2 Å². The number of rotatable bonds is 9. The van der Waals surface area contributed by atoms with E-state index in [0.29, 0.717) is 25.8 Å². The predicted molar refractivity (Wildman–Crippen MR) is 151 cm³/mol. The van der Waals surface area contributed by atoms with E-state index < -0.39 is 29.7 Å². The van der Waals surface area contributed by atoms with Crippen LogP contribution >= 0.6 is 0 Å². The second-order valence-electron chi connectivity index (χ2n) is 10.00. The lowest BCUT2D eigenvalue weighted by Crippen LogP contribution is -2.46. The van der Waals surface area contributed by atoms with Crippen LogP contribution in [-0.4, -0.2) is 36.3 Å². The smallest absolute Gasteiger partial charge is 0.408 e. The Bertz CT molecular complexity index is 1350. The van der Waals surface area contributed by atoms with Crippen molar-refractivity contribution in [1.82, 2.24) is 10.6 Å². The molecule has 0 aliphatic heterocycles. The molecule has 4 N–H and O–H groups in total. The third-order valence-electron chi connectivity index (χ3n) is 5.71. The van der Waals surface area contributed by atoms with Gasteiger partial charge < -0.3 is 25.8 Å². The normalized spacial score (nSPS) is 11.6. The van der Waals surface area contributed by atoms with Gasteiger partial charge in [0.25, 0.3) is 0 Å². The van der Waals surface area contributed by atoms with Crippen molar-refractivity contribution in [2.45, 2.75) is 58.3 Å². The number of hydrogen-bond acceptors (Lipinski definition) is 5. The van der Waals surface area contributed by atoms with Gasteiger partial charge in [-0.2, -0.15) is 0 Å². The van der Waals surface area contributed by atoms with Crippen LogP contribution in [0.4, 0.5) is 9.59 Å². The number of ether oxygens (including phenoxy) is 2. The molecule has 3 rings (SSSR count). The highest BCUT2D eigenvalue weighted by molar-refractivity contribution is 5.91. The molecule has 1 atom stereocenters. The second kappa shape index (κ2) is 13.9.